The van der Waals surface area contributed by atoms with Gasteiger partial charge in [0.25, 0.3) is 10.0 Å². The zero-order valence-corrected chi connectivity index (χ0v) is 18.7. The Bertz CT molecular complexity index is 1160. The summed E-state index contributed by atoms with van der Waals surface area (Å²) < 4.78 is 46.0. The van der Waals surface area contributed by atoms with Crippen molar-refractivity contribution in [2.45, 2.75) is 37.8 Å². The molecule has 0 aliphatic rings. The van der Waals surface area contributed by atoms with Crippen LogP contribution in [0.25, 0.3) is 0 Å². The van der Waals surface area contributed by atoms with Gasteiger partial charge in [0.2, 0.25) is 5.91 Å². The third-order valence-electron chi connectivity index (χ3n) is 4.51. The molecule has 0 unspecified atom stereocenters. The number of hydrogen-bond acceptors (Lipinski definition) is 4. The van der Waals surface area contributed by atoms with Crippen LogP contribution < -0.4 is 14.8 Å². The Morgan fingerprint density at radius 2 is 1.62 bits per heavy atom. The molecule has 0 spiro atoms. The number of hydrogen-bond donors (Lipinski definition) is 2. The molecule has 3 aromatic carbocycles. The maximum atomic E-state index is 13.0. The van der Waals surface area contributed by atoms with Gasteiger partial charge in [-0.2, -0.15) is 0 Å². The molecule has 0 aliphatic carbocycles. The molecular formula is C24H25FN2O4S. The van der Waals surface area contributed by atoms with Crippen molar-refractivity contribution in [3.05, 3.63) is 89.7 Å². The molecule has 6 nitrogen and oxygen atoms in total. The predicted octanol–water partition coefficient (Wildman–Crippen LogP) is 4.27. The Labute approximate surface area is 187 Å². The highest BCUT2D eigenvalue weighted by Crippen LogP contribution is 2.20. The number of amides is 1. The standard InChI is InChI=1S/C24H25FN2O4S/c1-17(2)31-23-6-4-3-5-19(23)16-26-24(28)15-18-7-11-21(12-8-18)27-32(29,30)22-13-9-20(25)10-14-22/h3-14,17,27H,15-16H2,1-2H3,(H,26,28). The third-order valence-corrected chi connectivity index (χ3v) is 5.90. The smallest absolute Gasteiger partial charge is 0.261 e. The molecule has 3 rings (SSSR count). The van der Waals surface area contributed by atoms with E-state index in [0.29, 0.717) is 12.2 Å². The van der Waals surface area contributed by atoms with E-state index in [9.17, 15) is 17.6 Å². The van der Waals surface area contributed by atoms with Crippen LogP contribution in [0, 0.1) is 5.82 Å². The average molecular weight is 457 g/mol. The molecule has 2 N–H and O–H groups in total. The van der Waals surface area contributed by atoms with E-state index in [0.717, 1.165) is 29.0 Å². The Morgan fingerprint density at radius 1 is 0.969 bits per heavy atom. The monoisotopic (exact) mass is 456 g/mol. The van der Waals surface area contributed by atoms with Gasteiger partial charge in [0.05, 0.1) is 17.4 Å². The van der Waals surface area contributed by atoms with E-state index in [1.165, 1.54) is 12.1 Å². The number of anilines is 1. The fourth-order valence-corrected chi connectivity index (χ4v) is 4.04. The van der Waals surface area contributed by atoms with Crippen molar-refractivity contribution in [1.29, 1.82) is 0 Å². The summed E-state index contributed by atoms with van der Waals surface area (Å²) in [7, 11) is -3.83. The topological polar surface area (TPSA) is 84.5 Å². The van der Waals surface area contributed by atoms with Crippen LogP contribution in [0.5, 0.6) is 5.75 Å². The maximum absolute atomic E-state index is 13.0. The molecule has 0 saturated carbocycles. The van der Waals surface area contributed by atoms with Crippen molar-refractivity contribution >= 4 is 21.6 Å². The van der Waals surface area contributed by atoms with Crippen LogP contribution in [0.1, 0.15) is 25.0 Å². The van der Waals surface area contributed by atoms with Gasteiger partial charge in [-0.05, 0) is 61.9 Å². The summed E-state index contributed by atoms with van der Waals surface area (Å²) in [6, 6.07) is 18.6. The molecule has 168 valence electrons. The van der Waals surface area contributed by atoms with Gasteiger partial charge in [0.15, 0.2) is 0 Å². The van der Waals surface area contributed by atoms with Crippen molar-refractivity contribution in [1.82, 2.24) is 5.32 Å². The van der Waals surface area contributed by atoms with Gasteiger partial charge in [-0.25, -0.2) is 12.8 Å². The second kappa shape index (κ2) is 10.3. The molecule has 0 saturated heterocycles. The minimum absolute atomic E-state index is 0.0332. The molecule has 0 atom stereocenters. The highest BCUT2D eigenvalue weighted by atomic mass is 32.2. The number of halogens is 1. The summed E-state index contributed by atoms with van der Waals surface area (Å²) in [6.45, 7) is 4.23. The van der Waals surface area contributed by atoms with E-state index in [1.54, 1.807) is 24.3 Å². The van der Waals surface area contributed by atoms with E-state index >= 15 is 0 Å². The Hall–Kier alpha value is -3.39. The molecular weight excluding hydrogens is 431 g/mol. The van der Waals surface area contributed by atoms with Crippen molar-refractivity contribution in [3.63, 3.8) is 0 Å². The molecule has 8 heteroatoms. The Kier molecular flexibility index (Phi) is 7.48. The fraction of sp³-hybridized carbons (Fsp3) is 0.208. The highest BCUT2D eigenvalue weighted by Gasteiger charge is 2.14. The summed E-state index contributed by atoms with van der Waals surface area (Å²) in [5.41, 5.74) is 1.97. The maximum Gasteiger partial charge on any atom is 0.261 e. The quantitative estimate of drug-likeness (QED) is 0.504. The number of sulfonamides is 1. The second-order valence-corrected chi connectivity index (χ2v) is 9.17. The number of carbonyl (C=O) groups is 1. The third kappa shape index (κ3) is 6.55. The average Bonchev–Trinajstić information content (AvgIpc) is 2.74. The lowest BCUT2D eigenvalue weighted by molar-refractivity contribution is -0.120. The predicted molar refractivity (Wildman–Crippen MR) is 121 cm³/mol. The summed E-state index contributed by atoms with van der Waals surface area (Å²) in [6.07, 6.45) is 0.184. The number of nitrogens with one attached hydrogen (secondary N) is 2. The van der Waals surface area contributed by atoms with Gasteiger partial charge in [0.1, 0.15) is 11.6 Å². The number of carbonyl (C=O) groups excluding carboxylic acids is 1. The van der Waals surface area contributed by atoms with Gasteiger partial charge in [-0.15, -0.1) is 0 Å². The zero-order chi connectivity index (χ0) is 23.1. The second-order valence-electron chi connectivity index (χ2n) is 7.48. The Balaban J connectivity index is 1.56. The van der Waals surface area contributed by atoms with Crippen LogP contribution in [0.4, 0.5) is 10.1 Å². The van der Waals surface area contributed by atoms with E-state index in [2.05, 4.69) is 10.0 Å². The normalized spacial score (nSPS) is 11.2. The molecule has 32 heavy (non-hydrogen) atoms. The first kappa shape index (κ1) is 23.3. The molecule has 0 aromatic heterocycles. The molecule has 0 heterocycles. The molecule has 0 fully saturated rings. The molecule has 0 radical (unpaired) electrons. The van der Waals surface area contributed by atoms with Gasteiger partial charge in [-0.1, -0.05) is 30.3 Å². The van der Waals surface area contributed by atoms with Crippen LogP contribution in [0.2, 0.25) is 0 Å². The largest absolute Gasteiger partial charge is 0.491 e. The summed E-state index contributed by atoms with van der Waals surface area (Å²) in [5.74, 6) is 0.0621. The lowest BCUT2D eigenvalue weighted by Crippen LogP contribution is -2.25. The van der Waals surface area contributed by atoms with Crippen LogP contribution in [-0.4, -0.2) is 20.4 Å². The first-order valence-electron chi connectivity index (χ1n) is 10.1. The SMILES string of the molecule is CC(C)Oc1ccccc1CNC(=O)Cc1ccc(NS(=O)(=O)c2ccc(F)cc2)cc1. The van der Waals surface area contributed by atoms with E-state index in [4.69, 9.17) is 4.74 Å². The minimum atomic E-state index is -3.83. The molecule has 0 aliphatic heterocycles. The van der Waals surface area contributed by atoms with Crippen molar-refractivity contribution in [3.8, 4) is 5.75 Å². The summed E-state index contributed by atoms with van der Waals surface area (Å²) in [4.78, 5) is 12.3. The van der Waals surface area contributed by atoms with Crippen LogP contribution in [0.3, 0.4) is 0 Å². The van der Waals surface area contributed by atoms with Crippen LogP contribution in [0.15, 0.2) is 77.7 Å². The first-order chi connectivity index (χ1) is 15.2. The highest BCUT2D eigenvalue weighted by molar-refractivity contribution is 7.92. The molecule has 1 amide bonds. The van der Waals surface area contributed by atoms with E-state index in [-0.39, 0.29) is 23.3 Å². The molecule has 3 aromatic rings. The number of rotatable bonds is 9. The van der Waals surface area contributed by atoms with Crippen molar-refractivity contribution in [2.24, 2.45) is 0 Å². The van der Waals surface area contributed by atoms with Gasteiger partial charge in [-0.3, -0.25) is 9.52 Å². The number of benzene rings is 3. The lowest BCUT2D eigenvalue weighted by Gasteiger charge is -2.14. The van der Waals surface area contributed by atoms with Crippen molar-refractivity contribution in [2.75, 3.05) is 4.72 Å². The van der Waals surface area contributed by atoms with Crippen molar-refractivity contribution < 1.29 is 22.3 Å². The summed E-state index contributed by atoms with van der Waals surface area (Å²) in [5, 5.41) is 2.88. The van der Waals surface area contributed by atoms with E-state index in [1.807, 2.05) is 38.1 Å². The summed E-state index contributed by atoms with van der Waals surface area (Å²) >= 11 is 0. The van der Waals surface area contributed by atoms with Gasteiger partial charge < -0.3 is 10.1 Å². The molecule has 0 bridgehead atoms. The number of para-hydroxylation sites is 1. The van der Waals surface area contributed by atoms with Gasteiger partial charge >= 0.3 is 0 Å². The van der Waals surface area contributed by atoms with E-state index < -0.39 is 15.8 Å². The fourth-order valence-electron chi connectivity index (χ4n) is 2.98. The first-order valence-corrected chi connectivity index (χ1v) is 11.6. The zero-order valence-electron chi connectivity index (χ0n) is 17.8. The van der Waals surface area contributed by atoms with Gasteiger partial charge in [0, 0.05) is 17.8 Å². The van der Waals surface area contributed by atoms with Crippen LogP contribution in [-0.2, 0) is 27.8 Å². The number of ether oxygens (including phenoxy) is 1. The minimum Gasteiger partial charge on any atom is -0.491 e. The van der Waals surface area contributed by atoms with Crippen LogP contribution >= 0.6 is 0 Å². The Morgan fingerprint density at radius 3 is 2.28 bits per heavy atom. The lowest BCUT2D eigenvalue weighted by atomic mass is 10.1.